The second kappa shape index (κ2) is 9.14. The number of anilines is 1. The molecule has 3 saturated heterocycles. The van der Waals surface area contributed by atoms with Crippen LogP contribution in [0, 0.1) is 18.3 Å². The number of amides is 1. The van der Waals surface area contributed by atoms with Gasteiger partial charge in [-0.05, 0) is 31.5 Å². The molecule has 0 unspecified atom stereocenters. The van der Waals surface area contributed by atoms with Gasteiger partial charge in [0, 0.05) is 57.1 Å². The molecule has 1 N–H and O–H groups in total. The number of benzene rings is 1. The van der Waals surface area contributed by atoms with Crippen LogP contribution in [0.5, 0.6) is 0 Å². The van der Waals surface area contributed by atoms with Gasteiger partial charge in [-0.2, -0.15) is 10.4 Å². The molecule has 0 saturated carbocycles. The van der Waals surface area contributed by atoms with Gasteiger partial charge in [-0.15, -0.1) is 11.8 Å². The second-order valence-electron chi connectivity index (χ2n) is 8.73. The minimum Gasteiger partial charge on any atom is -0.354 e. The summed E-state index contributed by atoms with van der Waals surface area (Å²) in [6, 6.07) is 12.3. The smallest absolute Gasteiger partial charge is 0.240 e. The summed E-state index contributed by atoms with van der Waals surface area (Å²) in [5, 5.41) is 17.4. The summed E-state index contributed by atoms with van der Waals surface area (Å²) in [5.74, 6) is 3.24. The molecule has 8 nitrogen and oxygen atoms in total. The molecule has 9 heteroatoms. The lowest BCUT2D eigenvalue weighted by atomic mass is 10.1. The van der Waals surface area contributed by atoms with Crippen LogP contribution in [0.4, 0.5) is 5.82 Å². The Morgan fingerprint density at radius 3 is 2.81 bits per heavy atom. The maximum Gasteiger partial charge on any atom is 0.240 e. The van der Waals surface area contributed by atoms with Gasteiger partial charge in [-0.1, -0.05) is 6.07 Å². The molecule has 3 aliphatic heterocycles. The van der Waals surface area contributed by atoms with E-state index in [0.717, 1.165) is 74.5 Å². The Hall–Kier alpha value is -2.54. The summed E-state index contributed by atoms with van der Waals surface area (Å²) in [6.07, 6.45) is 0.901. The van der Waals surface area contributed by atoms with Crippen molar-refractivity contribution < 1.29 is 4.79 Å². The zero-order chi connectivity index (χ0) is 22.1. The molecule has 4 heterocycles. The van der Waals surface area contributed by atoms with Crippen molar-refractivity contribution in [2.75, 3.05) is 55.8 Å². The Morgan fingerprint density at radius 1 is 1.22 bits per heavy atom. The van der Waals surface area contributed by atoms with Gasteiger partial charge in [0.15, 0.2) is 0 Å². The number of aromatic nitrogens is 2. The van der Waals surface area contributed by atoms with Crippen LogP contribution in [-0.2, 0) is 4.79 Å². The molecule has 32 heavy (non-hydrogen) atoms. The number of carbonyl (C=O) groups is 1. The number of carbonyl (C=O) groups excluding carboxylic acids is 1. The highest BCUT2D eigenvalue weighted by molar-refractivity contribution is 7.99. The fraction of sp³-hybridized carbons (Fsp3) is 0.522. The number of hydrogen-bond donors (Lipinski definition) is 1. The second-order valence-corrected chi connectivity index (χ2v) is 9.80. The van der Waals surface area contributed by atoms with Crippen molar-refractivity contribution in [3.63, 3.8) is 0 Å². The maximum absolute atomic E-state index is 12.7. The monoisotopic (exact) mass is 451 g/mol. The van der Waals surface area contributed by atoms with E-state index in [1.165, 1.54) is 0 Å². The summed E-state index contributed by atoms with van der Waals surface area (Å²) in [5.41, 5.74) is 2.51. The van der Waals surface area contributed by atoms with Gasteiger partial charge < -0.3 is 15.1 Å². The van der Waals surface area contributed by atoms with E-state index >= 15 is 0 Å². The lowest BCUT2D eigenvalue weighted by Gasteiger charge is -2.38. The molecule has 2 atom stereocenters. The summed E-state index contributed by atoms with van der Waals surface area (Å²) in [7, 11) is 0. The maximum atomic E-state index is 12.7. The van der Waals surface area contributed by atoms with Crippen LogP contribution in [0.1, 0.15) is 17.7 Å². The SMILES string of the molecule is Cc1cc(N2CCN([C@@H]3CN[C@H](C(=O)N4CCSC4)C3)CC2)n(-c2cccc(C#N)c2)n1. The number of nitriles is 1. The van der Waals surface area contributed by atoms with E-state index in [9.17, 15) is 10.1 Å². The Labute approximate surface area is 193 Å². The van der Waals surface area contributed by atoms with Crippen LogP contribution in [0.3, 0.4) is 0 Å². The highest BCUT2D eigenvalue weighted by Crippen LogP contribution is 2.25. The molecule has 168 valence electrons. The topological polar surface area (TPSA) is 80.4 Å². The molecule has 3 aliphatic rings. The highest BCUT2D eigenvalue weighted by atomic mass is 32.2. The largest absolute Gasteiger partial charge is 0.354 e. The standard InChI is InChI=1S/C23H29N7OS/c1-17-11-22(30(26-17)19-4-2-3-18(12-19)14-24)28-7-5-27(6-8-28)20-13-21(25-15-20)23(31)29-9-10-32-16-29/h2-4,11-12,20-21,25H,5-10,13,15-16H2,1H3/t20-,21-/m0/s1. The molecule has 2 aromatic rings. The van der Waals surface area contributed by atoms with Crippen LogP contribution in [0.15, 0.2) is 30.3 Å². The Bertz CT molecular complexity index is 1020. The Kier molecular flexibility index (Phi) is 6.09. The van der Waals surface area contributed by atoms with E-state index in [1.807, 2.05) is 52.5 Å². The van der Waals surface area contributed by atoms with Crippen molar-refractivity contribution in [2.24, 2.45) is 0 Å². The van der Waals surface area contributed by atoms with Crippen LogP contribution in [0.25, 0.3) is 5.69 Å². The minimum absolute atomic E-state index is 0.0341. The molecule has 1 amide bonds. The Balaban J connectivity index is 1.22. The van der Waals surface area contributed by atoms with E-state index in [-0.39, 0.29) is 11.9 Å². The number of rotatable bonds is 4. The van der Waals surface area contributed by atoms with E-state index in [0.29, 0.717) is 11.6 Å². The summed E-state index contributed by atoms with van der Waals surface area (Å²) in [6.45, 7) is 7.54. The summed E-state index contributed by atoms with van der Waals surface area (Å²) < 4.78 is 1.95. The third-order valence-electron chi connectivity index (χ3n) is 6.66. The molecular formula is C23H29N7OS. The predicted molar refractivity (Wildman–Crippen MR) is 126 cm³/mol. The van der Waals surface area contributed by atoms with Crippen LogP contribution >= 0.6 is 11.8 Å². The van der Waals surface area contributed by atoms with Gasteiger partial charge in [-0.3, -0.25) is 9.69 Å². The quantitative estimate of drug-likeness (QED) is 0.753. The van der Waals surface area contributed by atoms with Crippen molar-refractivity contribution in [1.82, 2.24) is 24.9 Å². The first-order valence-electron chi connectivity index (χ1n) is 11.3. The van der Waals surface area contributed by atoms with Gasteiger partial charge in [-0.25, -0.2) is 4.68 Å². The number of aryl methyl sites for hydroxylation is 1. The van der Waals surface area contributed by atoms with Gasteiger partial charge in [0.1, 0.15) is 5.82 Å². The van der Waals surface area contributed by atoms with Gasteiger partial charge in [0.2, 0.25) is 5.91 Å². The average molecular weight is 452 g/mol. The highest BCUT2D eigenvalue weighted by Gasteiger charge is 2.37. The number of piperazine rings is 1. The first kappa shape index (κ1) is 21.3. The lowest BCUT2D eigenvalue weighted by Crippen LogP contribution is -2.51. The molecular weight excluding hydrogens is 422 g/mol. The number of nitrogens with one attached hydrogen (secondary N) is 1. The zero-order valence-corrected chi connectivity index (χ0v) is 19.2. The molecule has 5 rings (SSSR count). The predicted octanol–water partition coefficient (Wildman–Crippen LogP) is 1.44. The number of nitrogens with zero attached hydrogens (tertiary/aromatic N) is 6. The lowest BCUT2D eigenvalue weighted by molar-refractivity contribution is -0.131. The third-order valence-corrected chi connectivity index (χ3v) is 7.62. The molecule has 0 bridgehead atoms. The van der Waals surface area contributed by atoms with E-state index in [1.54, 1.807) is 0 Å². The van der Waals surface area contributed by atoms with Crippen molar-refractivity contribution in [3.05, 3.63) is 41.6 Å². The van der Waals surface area contributed by atoms with Gasteiger partial charge in [0.25, 0.3) is 0 Å². The fourth-order valence-corrected chi connectivity index (χ4v) is 5.87. The van der Waals surface area contributed by atoms with Gasteiger partial charge in [0.05, 0.1) is 34.9 Å². The zero-order valence-electron chi connectivity index (χ0n) is 18.4. The Morgan fingerprint density at radius 2 is 2.06 bits per heavy atom. The average Bonchev–Trinajstić information content (AvgIpc) is 3.59. The summed E-state index contributed by atoms with van der Waals surface area (Å²) in [4.78, 5) is 19.6. The van der Waals surface area contributed by atoms with Crippen molar-refractivity contribution in [2.45, 2.75) is 25.4 Å². The molecule has 0 aliphatic carbocycles. The summed E-state index contributed by atoms with van der Waals surface area (Å²) >= 11 is 1.84. The normalized spacial score (nSPS) is 24.1. The molecule has 0 radical (unpaired) electrons. The van der Waals surface area contributed by atoms with E-state index < -0.39 is 0 Å². The van der Waals surface area contributed by atoms with Gasteiger partial charge >= 0.3 is 0 Å². The third kappa shape index (κ3) is 4.22. The van der Waals surface area contributed by atoms with Crippen LogP contribution in [0.2, 0.25) is 0 Å². The number of thioether (sulfide) groups is 1. The molecule has 1 aromatic carbocycles. The molecule has 1 aromatic heterocycles. The van der Waals surface area contributed by atoms with E-state index in [2.05, 4.69) is 27.3 Å². The molecule has 0 spiro atoms. The first-order chi connectivity index (χ1) is 15.6. The fourth-order valence-electron chi connectivity index (χ4n) is 4.92. The van der Waals surface area contributed by atoms with Crippen molar-refractivity contribution in [1.29, 1.82) is 5.26 Å². The first-order valence-corrected chi connectivity index (χ1v) is 12.4. The van der Waals surface area contributed by atoms with Crippen LogP contribution < -0.4 is 10.2 Å². The molecule has 3 fully saturated rings. The van der Waals surface area contributed by atoms with Crippen molar-refractivity contribution in [3.8, 4) is 11.8 Å². The van der Waals surface area contributed by atoms with Crippen molar-refractivity contribution >= 4 is 23.5 Å². The minimum atomic E-state index is -0.0341. The van der Waals surface area contributed by atoms with E-state index in [4.69, 9.17) is 5.10 Å². The van der Waals surface area contributed by atoms with Crippen LogP contribution in [-0.4, -0.2) is 88.5 Å². The number of hydrogen-bond acceptors (Lipinski definition) is 7.